The number of aromatic nitrogens is 1. The summed E-state index contributed by atoms with van der Waals surface area (Å²) in [6.45, 7) is -1.33. The zero-order valence-electron chi connectivity index (χ0n) is 17.8. The van der Waals surface area contributed by atoms with Crippen LogP contribution in [0.4, 0.5) is 8.78 Å². The topological polar surface area (TPSA) is 86.1 Å². The second-order valence-electron chi connectivity index (χ2n) is 7.96. The Balaban J connectivity index is 1.46. The molecule has 6 nitrogen and oxygen atoms in total. The van der Waals surface area contributed by atoms with Gasteiger partial charge in [0.2, 0.25) is 5.91 Å². The van der Waals surface area contributed by atoms with Gasteiger partial charge in [0.15, 0.2) is 0 Å². The quantitative estimate of drug-likeness (QED) is 0.580. The third kappa shape index (κ3) is 5.21. The summed E-state index contributed by atoms with van der Waals surface area (Å²) in [5.74, 6) is -4.40. The van der Waals surface area contributed by atoms with Gasteiger partial charge in [0.05, 0.1) is 19.2 Å². The molecule has 1 aromatic heterocycles. The van der Waals surface area contributed by atoms with Crippen LogP contribution < -0.4 is 5.32 Å². The lowest BCUT2D eigenvalue weighted by Crippen LogP contribution is -2.43. The molecule has 1 N–H and O–H groups in total. The van der Waals surface area contributed by atoms with Crippen LogP contribution in [-0.2, 0) is 4.79 Å². The predicted octanol–water partition coefficient (Wildman–Crippen LogP) is 4.55. The smallest absolute Gasteiger partial charge is 0.268 e. The van der Waals surface area contributed by atoms with E-state index in [0.717, 1.165) is 21.2 Å². The van der Waals surface area contributed by atoms with Crippen molar-refractivity contribution in [3.05, 3.63) is 76.6 Å². The van der Waals surface area contributed by atoms with Crippen LogP contribution in [-0.4, -0.2) is 46.8 Å². The van der Waals surface area contributed by atoms with E-state index in [0.29, 0.717) is 10.6 Å². The molecule has 0 bridgehead atoms. The van der Waals surface area contributed by atoms with Gasteiger partial charge in [-0.25, -0.2) is 8.78 Å². The third-order valence-electron chi connectivity index (χ3n) is 5.52. The number of nitriles is 1. The van der Waals surface area contributed by atoms with Crippen LogP contribution >= 0.6 is 11.6 Å². The van der Waals surface area contributed by atoms with E-state index in [4.69, 9.17) is 16.9 Å². The summed E-state index contributed by atoms with van der Waals surface area (Å²) < 4.78 is 27.2. The Kier molecular flexibility index (Phi) is 6.57. The Labute approximate surface area is 199 Å². The molecule has 1 unspecified atom stereocenters. The number of nitrogens with zero attached hydrogens (tertiary/aromatic N) is 3. The number of likely N-dealkylation sites (tertiary alicyclic amines) is 1. The molecular formula is C25H19ClF2N4O2. The lowest BCUT2D eigenvalue weighted by molar-refractivity contribution is -0.131. The van der Waals surface area contributed by atoms with E-state index >= 15 is 0 Å². The Bertz CT molecular complexity index is 1340. The number of hydrogen-bond donors (Lipinski definition) is 1. The van der Waals surface area contributed by atoms with Gasteiger partial charge in [0.1, 0.15) is 6.04 Å². The number of halogens is 3. The lowest BCUT2D eigenvalue weighted by atomic mass is 10.0. The molecule has 172 valence electrons. The molecule has 34 heavy (non-hydrogen) atoms. The van der Waals surface area contributed by atoms with E-state index in [1.54, 1.807) is 12.1 Å². The van der Waals surface area contributed by atoms with Crippen molar-refractivity contribution in [2.24, 2.45) is 0 Å². The number of nitrogens with one attached hydrogen (secondary N) is 1. The summed E-state index contributed by atoms with van der Waals surface area (Å²) in [6.07, 6.45) is 5.82. The van der Waals surface area contributed by atoms with Crippen molar-refractivity contribution in [2.75, 3.05) is 13.1 Å². The molecule has 1 fully saturated rings. The monoisotopic (exact) mass is 480 g/mol. The first-order chi connectivity index (χ1) is 16.3. The molecule has 0 spiro atoms. The number of amides is 2. The molecule has 0 radical (unpaired) electrons. The average Bonchev–Trinajstić information content (AvgIpc) is 3.15. The van der Waals surface area contributed by atoms with Gasteiger partial charge in [-0.2, -0.15) is 5.26 Å². The SMILES string of the molecule is N#CC1CC(F)(F)CN1C(=O)CNC(=O)c1ccncc1C=Cc1ccc2cc(Cl)ccc2c1. The molecule has 1 aliphatic heterocycles. The highest BCUT2D eigenvalue weighted by molar-refractivity contribution is 6.31. The minimum atomic E-state index is -3.11. The molecule has 1 aliphatic rings. The number of rotatable bonds is 5. The Morgan fingerprint density at radius 1 is 1.21 bits per heavy atom. The fraction of sp³-hybridized carbons (Fsp3) is 0.200. The fourth-order valence-electron chi connectivity index (χ4n) is 3.82. The van der Waals surface area contributed by atoms with Crippen molar-refractivity contribution in [3.63, 3.8) is 0 Å². The van der Waals surface area contributed by atoms with Gasteiger partial charge in [0, 0.05) is 35.0 Å². The number of alkyl halides is 2. The highest BCUT2D eigenvalue weighted by Crippen LogP contribution is 2.31. The van der Waals surface area contributed by atoms with Crippen molar-refractivity contribution in [3.8, 4) is 6.07 Å². The van der Waals surface area contributed by atoms with E-state index in [2.05, 4.69) is 10.3 Å². The Morgan fingerprint density at radius 2 is 1.97 bits per heavy atom. The molecule has 0 aliphatic carbocycles. The Morgan fingerprint density at radius 3 is 2.76 bits per heavy atom. The third-order valence-corrected chi connectivity index (χ3v) is 5.75. The molecule has 3 aromatic rings. The molecule has 9 heteroatoms. The summed E-state index contributed by atoms with van der Waals surface area (Å²) in [5.41, 5.74) is 1.69. The number of carbonyl (C=O) groups is 2. The molecule has 2 heterocycles. The molecule has 1 saturated heterocycles. The lowest BCUT2D eigenvalue weighted by Gasteiger charge is -2.19. The summed E-state index contributed by atoms with van der Waals surface area (Å²) in [5, 5.41) is 14.2. The zero-order valence-corrected chi connectivity index (χ0v) is 18.6. The highest BCUT2D eigenvalue weighted by Gasteiger charge is 2.47. The maximum Gasteiger partial charge on any atom is 0.268 e. The number of benzene rings is 2. The van der Waals surface area contributed by atoms with Crippen molar-refractivity contribution >= 4 is 46.3 Å². The standard InChI is InChI=1S/C25H19ClF2N4O2/c26-20-6-5-17-9-16(1-3-18(17)10-20)2-4-19-13-30-8-7-22(19)24(34)31-14-23(33)32-15-25(27,28)11-21(32)12-29/h1-10,13,21H,11,14-15H2,(H,31,34). The second-order valence-corrected chi connectivity index (χ2v) is 8.39. The number of hydrogen-bond acceptors (Lipinski definition) is 4. The number of fused-ring (bicyclic) bond motifs is 1. The van der Waals surface area contributed by atoms with Crippen LogP contribution in [0.5, 0.6) is 0 Å². The normalized spacial score (nSPS) is 17.1. The van der Waals surface area contributed by atoms with Crippen molar-refractivity contribution in [1.29, 1.82) is 5.26 Å². The van der Waals surface area contributed by atoms with Gasteiger partial charge in [-0.15, -0.1) is 0 Å². The van der Waals surface area contributed by atoms with Crippen LogP contribution in [0.15, 0.2) is 54.9 Å². The van der Waals surface area contributed by atoms with Crippen molar-refractivity contribution in [2.45, 2.75) is 18.4 Å². The molecule has 2 aromatic carbocycles. The summed E-state index contributed by atoms with van der Waals surface area (Å²) in [7, 11) is 0. The molecule has 2 amide bonds. The van der Waals surface area contributed by atoms with Crippen LogP contribution in [0.25, 0.3) is 22.9 Å². The van der Waals surface area contributed by atoms with Gasteiger partial charge >= 0.3 is 0 Å². The van der Waals surface area contributed by atoms with Crippen molar-refractivity contribution in [1.82, 2.24) is 15.2 Å². The highest BCUT2D eigenvalue weighted by atomic mass is 35.5. The molecule has 0 saturated carbocycles. The van der Waals surface area contributed by atoms with E-state index in [1.165, 1.54) is 18.5 Å². The second kappa shape index (κ2) is 9.57. The first kappa shape index (κ1) is 23.3. The average molecular weight is 481 g/mol. The number of pyridine rings is 1. The molecular weight excluding hydrogens is 462 g/mol. The van der Waals surface area contributed by atoms with Gasteiger partial charge in [-0.05, 0) is 40.6 Å². The van der Waals surface area contributed by atoms with Crippen molar-refractivity contribution < 1.29 is 18.4 Å². The molecule has 1 atom stereocenters. The van der Waals surface area contributed by atoms with E-state index < -0.39 is 43.3 Å². The first-order valence-corrected chi connectivity index (χ1v) is 10.8. The largest absolute Gasteiger partial charge is 0.343 e. The summed E-state index contributed by atoms with van der Waals surface area (Å²) in [4.78, 5) is 29.9. The maximum atomic E-state index is 13.6. The first-order valence-electron chi connectivity index (χ1n) is 10.4. The van der Waals surface area contributed by atoms with Crippen LogP contribution in [0.1, 0.15) is 27.9 Å². The fourth-order valence-corrected chi connectivity index (χ4v) is 4.00. The van der Waals surface area contributed by atoms with Gasteiger partial charge < -0.3 is 10.2 Å². The zero-order chi connectivity index (χ0) is 24.3. The van der Waals surface area contributed by atoms with Gasteiger partial charge in [0.25, 0.3) is 11.8 Å². The predicted molar refractivity (Wildman–Crippen MR) is 125 cm³/mol. The number of carbonyl (C=O) groups excluding carboxylic acids is 2. The summed E-state index contributed by atoms with van der Waals surface area (Å²) in [6, 6.07) is 13.4. The van der Waals surface area contributed by atoms with E-state index in [-0.39, 0.29) is 5.56 Å². The maximum absolute atomic E-state index is 13.6. The van der Waals surface area contributed by atoms with Crippen LogP contribution in [0, 0.1) is 11.3 Å². The van der Waals surface area contributed by atoms with Gasteiger partial charge in [-0.3, -0.25) is 14.6 Å². The molecule has 4 rings (SSSR count). The van der Waals surface area contributed by atoms with E-state index in [9.17, 15) is 18.4 Å². The van der Waals surface area contributed by atoms with Crippen LogP contribution in [0.2, 0.25) is 5.02 Å². The minimum absolute atomic E-state index is 0.273. The van der Waals surface area contributed by atoms with Gasteiger partial charge in [-0.1, -0.05) is 42.0 Å². The Hall–Kier alpha value is -3.83. The summed E-state index contributed by atoms with van der Waals surface area (Å²) >= 11 is 6.03. The van der Waals surface area contributed by atoms with Crippen LogP contribution in [0.3, 0.4) is 0 Å². The minimum Gasteiger partial charge on any atom is -0.343 e. The van der Waals surface area contributed by atoms with E-state index in [1.807, 2.05) is 42.5 Å².